The summed E-state index contributed by atoms with van der Waals surface area (Å²) in [5.41, 5.74) is 11.1. The Labute approximate surface area is 723 Å². The molecule has 126 heavy (non-hydrogen) atoms. The molecular formula is C82H88Cl2F3N13O26. The van der Waals surface area contributed by atoms with E-state index in [-0.39, 0.29) is 47.7 Å². The number of nitrogens with two attached hydrogens (primary N) is 2. The van der Waals surface area contributed by atoms with E-state index in [1.54, 1.807) is 39.0 Å². The van der Waals surface area contributed by atoms with Crippen molar-refractivity contribution in [2.75, 3.05) is 19.0 Å². The molecular weight excluding hydrogens is 1710 g/mol. The largest absolute Gasteiger partial charge is 0.573 e. The predicted octanol–water partition coefficient (Wildman–Crippen LogP) is 2.70. The highest BCUT2D eigenvalue weighted by molar-refractivity contribution is 6.32. The maximum absolute atomic E-state index is 16.3. The van der Waals surface area contributed by atoms with Crippen LogP contribution in [0.1, 0.15) is 121 Å². The van der Waals surface area contributed by atoms with Crippen molar-refractivity contribution in [3.63, 3.8) is 0 Å². The van der Waals surface area contributed by atoms with Crippen molar-refractivity contribution in [2.24, 2.45) is 17.4 Å². The Balaban J connectivity index is 1.01. The van der Waals surface area contributed by atoms with Crippen molar-refractivity contribution in [1.29, 1.82) is 0 Å². The second-order valence-corrected chi connectivity index (χ2v) is 31.7. The quantitative estimate of drug-likeness (QED) is 0.0518. The van der Waals surface area contributed by atoms with Crippen LogP contribution >= 0.6 is 23.2 Å². The molecule has 0 aromatic heterocycles. The van der Waals surface area contributed by atoms with E-state index in [0.29, 0.717) is 5.56 Å². The van der Waals surface area contributed by atoms with Gasteiger partial charge in [-0.05, 0) is 158 Å². The molecule has 2 saturated heterocycles. The first kappa shape index (κ1) is 92.7. The van der Waals surface area contributed by atoms with E-state index >= 15 is 24.0 Å². The summed E-state index contributed by atoms with van der Waals surface area (Å²) in [6.45, 7) is 5.58. The Bertz CT molecular complexity index is 5360. The fraction of sp³-hybridized carbons (Fsp3) is 0.366. The molecule has 14 rings (SSSR count). The van der Waals surface area contributed by atoms with Crippen LogP contribution in [0.25, 0.3) is 11.1 Å². The fourth-order valence-electron chi connectivity index (χ4n) is 14.9. The number of likely N-dealkylation sites (N-methyl/N-ethyl adjacent to an activating group) is 1. The number of aliphatic hydroxyl groups excluding tert-OH is 6. The number of primary amides is 2. The summed E-state index contributed by atoms with van der Waals surface area (Å²) in [4.78, 5) is 145. The molecule has 7 aliphatic heterocycles. The van der Waals surface area contributed by atoms with Crippen molar-refractivity contribution >= 4 is 88.1 Å². The van der Waals surface area contributed by atoms with Gasteiger partial charge in [0, 0.05) is 46.9 Å². The summed E-state index contributed by atoms with van der Waals surface area (Å²) in [7, 11) is 1.45. The van der Waals surface area contributed by atoms with Crippen LogP contribution in [0.4, 0.5) is 23.7 Å². The number of carbonyl (C=O) groups is 10. The molecule has 7 aromatic carbocycles. The molecule has 24 N–H and O–H groups in total. The lowest BCUT2D eigenvalue weighted by atomic mass is 9.84. The lowest BCUT2D eigenvalue weighted by molar-refractivity contribution is -0.334. The predicted molar refractivity (Wildman–Crippen MR) is 433 cm³/mol. The van der Waals surface area contributed by atoms with Crippen LogP contribution in [0.15, 0.2) is 127 Å². The molecule has 0 spiro atoms. The number of carbonyl (C=O) groups excluding carboxylic acids is 10. The van der Waals surface area contributed by atoms with Crippen LogP contribution in [0.5, 0.6) is 51.7 Å². The van der Waals surface area contributed by atoms with Gasteiger partial charge in [-0.25, -0.2) is 10.2 Å². The SMILES string of the molecule is CN[C@H](CC(C)C)C(=O)N[C@H]1C(=O)N[C@@H](CC(N)=O)C(=O)N[C@H]2C(=O)N[C@H]3C(=O)N[C@H](C(=O)N[C@@H](C(=O)NNC(N)=O)c4cc(O)cc(O)c4-c4cc3ccc4O)[C@H](O)c3ccc(c(Cl)c3)Oc3cc2cc(c3O[C@@H]2O[C@H](CO)[C@@H](O)[C@H](O)[C@H]2O[C@H]2C[C@](C)(NCc3cccc(NC(=O)c4ccc(OC(F)(F)F)cc4)c3)[C@H](O)[C@H](C)O2)Oc2ccc(cc2Cl)[C@H]1O. The number of ether oxygens (including phenoxy) is 7. The molecule has 7 heterocycles. The number of rotatable bonds is 19. The number of halogens is 5. The molecule has 11 bridgehead atoms. The average molecular weight is 1800 g/mol. The smallest absolute Gasteiger partial charge is 0.508 e. The molecule has 672 valence electrons. The van der Waals surface area contributed by atoms with Crippen molar-refractivity contribution in [3.8, 4) is 62.9 Å². The van der Waals surface area contributed by atoms with E-state index < -0.39 is 277 Å². The second kappa shape index (κ2) is 38.6. The third-order valence-corrected chi connectivity index (χ3v) is 21.9. The number of fused-ring (bicyclic) bond motifs is 15. The molecule has 7 aliphatic rings. The fourth-order valence-corrected chi connectivity index (χ4v) is 15.4. The van der Waals surface area contributed by atoms with E-state index in [1.807, 2.05) is 10.9 Å². The summed E-state index contributed by atoms with van der Waals surface area (Å²) < 4.78 is 81.9. The minimum atomic E-state index is -4.98. The first-order chi connectivity index (χ1) is 59.6. The van der Waals surface area contributed by atoms with Gasteiger partial charge < -0.3 is 138 Å². The Morgan fingerprint density at radius 3 is 1.94 bits per heavy atom. The second-order valence-electron chi connectivity index (χ2n) is 30.8. The number of nitrogens with one attached hydrogen (secondary N) is 11. The Kier molecular flexibility index (Phi) is 28.4. The lowest BCUT2D eigenvalue weighted by Crippen LogP contribution is -2.65. The first-order valence-corrected chi connectivity index (χ1v) is 39.6. The normalized spacial score (nSPS) is 25.9. The lowest BCUT2D eigenvalue weighted by Gasteiger charge is -2.48. The van der Waals surface area contributed by atoms with Gasteiger partial charge in [-0.3, -0.25) is 48.6 Å². The highest BCUT2D eigenvalue weighted by atomic mass is 35.5. The van der Waals surface area contributed by atoms with Gasteiger partial charge in [0.15, 0.2) is 23.9 Å². The van der Waals surface area contributed by atoms with E-state index in [4.69, 9.17) is 63.1 Å². The number of aromatic hydroxyl groups is 3. The van der Waals surface area contributed by atoms with Crippen LogP contribution in [-0.2, 0) is 59.1 Å². The van der Waals surface area contributed by atoms with Crippen LogP contribution in [0.3, 0.4) is 0 Å². The summed E-state index contributed by atoms with van der Waals surface area (Å²) in [5.74, 6) is -17.6. The first-order valence-electron chi connectivity index (χ1n) is 38.9. The maximum Gasteiger partial charge on any atom is 0.573 e. The average Bonchev–Trinajstić information content (AvgIpc) is 0.764. The Hall–Kier alpha value is -12.4. The maximum atomic E-state index is 16.3. The number of anilines is 1. The number of phenols is 3. The van der Waals surface area contributed by atoms with Crippen molar-refractivity contribution in [2.45, 2.75) is 169 Å². The minimum Gasteiger partial charge on any atom is -0.508 e. The standard InChI is InChI=1S/C82H88Cl2F3N13O26/c1-32(2)19-47(90-5)72(112)97-62-64(106)37-12-17-51(45(83)22-37)121-53-24-39-25-54(68(53)125-79-69(67(109)66(108)55(31-101)123-79)124-57-29-81(4,70(110)33(3)120-57)91-30-34-7-6-8-40(20-34)92-71(111)35-9-14-42(15-10-35)126-82(85,86)87)122-52-18-13-38(23-46(52)84)65(107)63-77(117)96-61(78(118)99-100-80(89)119)44-26-41(102)27-50(104)58(44)43-21-36(11-16-49(43)103)59(74(114)98-63)95-75(115)60(39)94-73(113)48(28-56(88)105)93-76(62)116/h6-18,20-27,32-33,47-48,55,57,59-67,69-70,79,90-91,101-104,106-110H,19,28-31H2,1-5H3,(H2,88,105)(H,92,111)(H,93,116)(H,94,113)(H,95,115)(H,96,117)(H,97,112)(H,98,114)(H,99,118)(H3,89,100,119)/t33-,47+,48-,55+,57-,59+,60+,61+,62+,63-,64+,65+,66+,67-,69+,70+,79-,81-/m0/s1. The Morgan fingerprint density at radius 2 is 1.32 bits per heavy atom. The zero-order chi connectivity index (χ0) is 91.4. The summed E-state index contributed by atoms with van der Waals surface area (Å²) in [6.07, 6.45) is -24.9. The number of amides is 11. The topological polar surface area (TPSA) is 602 Å². The highest BCUT2D eigenvalue weighted by Gasteiger charge is 2.53. The molecule has 7 aromatic rings. The van der Waals surface area contributed by atoms with Crippen LogP contribution < -0.4 is 89.1 Å². The number of hydrazine groups is 1. The minimum absolute atomic E-state index is 0.0159. The van der Waals surface area contributed by atoms with Gasteiger partial charge in [-0.1, -0.05) is 67.4 Å². The summed E-state index contributed by atoms with van der Waals surface area (Å²) in [5, 5.41) is 129. The van der Waals surface area contributed by atoms with E-state index in [1.165, 1.54) is 26.1 Å². The third kappa shape index (κ3) is 21.2. The monoisotopic (exact) mass is 1800 g/mol. The highest BCUT2D eigenvalue weighted by Crippen LogP contribution is 2.50. The summed E-state index contributed by atoms with van der Waals surface area (Å²) >= 11 is 14.3. The molecule has 2 fully saturated rings. The van der Waals surface area contributed by atoms with Gasteiger partial charge in [0.2, 0.25) is 53.4 Å². The molecule has 44 heteroatoms. The van der Waals surface area contributed by atoms with E-state index in [0.717, 1.165) is 97.1 Å². The number of hydrogen-bond acceptors (Lipinski definition) is 28. The number of alkyl halides is 3. The Morgan fingerprint density at radius 1 is 0.683 bits per heavy atom. The molecule has 39 nitrogen and oxygen atoms in total. The molecule has 0 radical (unpaired) electrons. The molecule has 18 atom stereocenters. The van der Waals surface area contributed by atoms with Crippen molar-refractivity contribution in [3.05, 3.63) is 176 Å². The van der Waals surface area contributed by atoms with Crippen molar-refractivity contribution < 1.29 is 140 Å². The number of benzene rings is 7. The molecule has 0 aliphatic carbocycles. The number of aliphatic hydroxyl groups is 6. The zero-order valence-electron chi connectivity index (χ0n) is 67.1. The van der Waals surface area contributed by atoms with Gasteiger partial charge in [0.05, 0.1) is 41.3 Å². The molecule has 11 amide bonds. The summed E-state index contributed by atoms with van der Waals surface area (Å²) in [6, 6.07) is 7.80. The van der Waals surface area contributed by atoms with Gasteiger partial charge in [0.1, 0.15) is 101 Å². The van der Waals surface area contributed by atoms with Crippen LogP contribution in [-0.4, -0.2) is 204 Å². The number of phenolic OH excluding ortho intramolecular Hbond substituents is 3. The number of hydrogen-bond donors (Lipinski definition) is 22. The molecule has 0 unspecified atom stereocenters. The van der Waals surface area contributed by atoms with E-state index in [2.05, 4.69) is 52.6 Å². The third-order valence-electron chi connectivity index (χ3n) is 21.3. The van der Waals surface area contributed by atoms with E-state index in [9.17, 15) is 83.1 Å². The van der Waals surface area contributed by atoms with Gasteiger partial charge in [-0.2, -0.15) is 0 Å². The molecule has 0 saturated carbocycles. The van der Waals surface area contributed by atoms with Crippen molar-refractivity contribution in [1.82, 2.24) is 53.4 Å². The van der Waals surface area contributed by atoms with Gasteiger partial charge >= 0.3 is 12.4 Å². The number of urea groups is 1. The van der Waals surface area contributed by atoms with Crippen LogP contribution in [0, 0.1) is 5.92 Å². The zero-order valence-corrected chi connectivity index (χ0v) is 68.6. The van der Waals surface area contributed by atoms with Gasteiger partial charge in [-0.15, -0.1) is 13.2 Å². The van der Waals surface area contributed by atoms with Crippen LogP contribution in [0.2, 0.25) is 10.0 Å². The van der Waals surface area contributed by atoms with Gasteiger partial charge in [0.25, 0.3) is 11.8 Å².